The zero-order valence-corrected chi connectivity index (χ0v) is 14.7. The van der Waals surface area contributed by atoms with Crippen molar-refractivity contribution < 1.29 is 4.79 Å². The average molecular weight is 354 g/mol. The van der Waals surface area contributed by atoms with Crippen LogP contribution in [0.25, 0.3) is 11.4 Å². The summed E-state index contributed by atoms with van der Waals surface area (Å²) in [5.41, 5.74) is 2.66. The van der Waals surface area contributed by atoms with Crippen molar-refractivity contribution in [3.05, 3.63) is 54.4 Å². The monoisotopic (exact) mass is 354 g/mol. The van der Waals surface area contributed by atoms with Crippen LogP contribution in [-0.2, 0) is 4.79 Å². The first-order valence-corrected chi connectivity index (χ1v) is 8.57. The molecule has 0 aliphatic carbocycles. The van der Waals surface area contributed by atoms with Crippen LogP contribution < -0.4 is 11.2 Å². The Bertz CT molecular complexity index is 863. The molecule has 2 heterocycles. The number of amides is 1. The lowest BCUT2D eigenvalue weighted by atomic mass is 10.2. The van der Waals surface area contributed by atoms with Crippen LogP contribution in [0.3, 0.4) is 0 Å². The van der Waals surface area contributed by atoms with Crippen molar-refractivity contribution in [2.24, 2.45) is 0 Å². The number of hydrogen-bond acceptors (Lipinski definition) is 6. The van der Waals surface area contributed by atoms with Gasteiger partial charge in [0.1, 0.15) is 0 Å². The summed E-state index contributed by atoms with van der Waals surface area (Å²) in [6, 6.07) is 11.3. The smallest absolute Gasteiger partial charge is 0.237 e. The molecule has 0 saturated heterocycles. The number of rotatable bonds is 5. The highest BCUT2D eigenvalue weighted by Gasteiger charge is 2.20. The fourth-order valence-electron chi connectivity index (χ4n) is 2.14. The molecule has 0 unspecified atom stereocenters. The molecule has 0 bridgehead atoms. The van der Waals surface area contributed by atoms with Gasteiger partial charge in [-0.15, -0.1) is 10.2 Å². The highest BCUT2D eigenvalue weighted by Crippen LogP contribution is 2.25. The van der Waals surface area contributed by atoms with E-state index in [-0.39, 0.29) is 11.2 Å². The molecule has 2 aromatic heterocycles. The predicted molar refractivity (Wildman–Crippen MR) is 98.5 cm³/mol. The van der Waals surface area contributed by atoms with Gasteiger partial charge in [0, 0.05) is 23.6 Å². The number of thioether (sulfide) groups is 1. The Kier molecular flexibility index (Phi) is 4.99. The van der Waals surface area contributed by atoms with E-state index in [9.17, 15) is 4.79 Å². The van der Waals surface area contributed by atoms with Crippen molar-refractivity contribution >= 4 is 23.4 Å². The number of hydrogen-bond donors (Lipinski definition) is 2. The molecule has 7 nitrogen and oxygen atoms in total. The van der Waals surface area contributed by atoms with Crippen molar-refractivity contribution in [3.63, 3.8) is 0 Å². The first-order valence-electron chi connectivity index (χ1n) is 7.69. The first kappa shape index (κ1) is 17.0. The van der Waals surface area contributed by atoms with Gasteiger partial charge in [0.2, 0.25) is 11.1 Å². The van der Waals surface area contributed by atoms with Gasteiger partial charge in [-0.05, 0) is 38.1 Å². The third-order valence-corrected chi connectivity index (χ3v) is 4.61. The number of carbonyl (C=O) groups is 1. The minimum Gasteiger partial charge on any atom is -0.335 e. The molecule has 1 aromatic carbocycles. The van der Waals surface area contributed by atoms with Gasteiger partial charge in [0.15, 0.2) is 5.82 Å². The van der Waals surface area contributed by atoms with E-state index in [4.69, 9.17) is 5.84 Å². The zero-order valence-electron chi connectivity index (χ0n) is 13.9. The number of benzene rings is 1. The van der Waals surface area contributed by atoms with Gasteiger partial charge in [-0.1, -0.05) is 29.5 Å². The van der Waals surface area contributed by atoms with Crippen molar-refractivity contribution in [1.82, 2.24) is 19.9 Å². The lowest BCUT2D eigenvalue weighted by Gasteiger charge is -2.11. The van der Waals surface area contributed by atoms with E-state index in [1.54, 1.807) is 25.4 Å². The van der Waals surface area contributed by atoms with Gasteiger partial charge in [0.05, 0.1) is 5.25 Å². The van der Waals surface area contributed by atoms with Crippen molar-refractivity contribution in [2.45, 2.75) is 24.3 Å². The molecule has 0 aliphatic heterocycles. The minimum atomic E-state index is -0.380. The van der Waals surface area contributed by atoms with E-state index in [0.717, 1.165) is 16.8 Å². The molecule has 0 spiro atoms. The molecule has 128 valence electrons. The van der Waals surface area contributed by atoms with Crippen LogP contribution in [0.1, 0.15) is 12.5 Å². The summed E-state index contributed by atoms with van der Waals surface area (Å²) in [5.74, 6) is 6.44. The summed E-state index contributed by atoms with van der Waals surface area (Å²) >= 11 is 1.25. The molecule has 0 fully saturated rings. The lowest BCUT2D eigenvalue weighted by molar-refractivity contribution is -0.115. The number of nitrogens with two attached hydrogens (primary N) is 1. The van der Waals surface area contributed by atoms with Crippen LogP contribution >= 0.6 is 11.8 Å². The molecule has 3 N–H and O–H groups in total. The molecule has 0 saturated carbocycles. The quantitative estimate of drug-likeness (QED) is 0.539. The van der Waals surface area contributed by atoms with Gasteiger partial charge in [-0.25, -0.2) is 4.68 Å². The number of aromatic nitrogens is 4. The molecule has 8 heteroatoms. The second kappa shape index (κ2) is 7.35. The van der Waals surface area contributed by atoms with Crippen LogP contribution in [0.15, 0.2) is 53.9 Å². The normalized spacial score (nSPS) is 11.9. The minimum absolute atomic E-state index is 0.125. The molecule has 1 atom stereocenters. The molecule has 3 rings (SSSR count). The zero-order chi connectivity index (χ0) is 17.8. The Balaban J connectivity index is 1.68. The molecule has 25 heavy (non-hydrogen) atoms. The first-order chi connectivity index (χ1) is 12.0. The van der Waals surface area contributed by atoms with Crippen LogP contribution in [0.2, 0.25) is 0 Å². The number of nitrogens with one attached hydrogen (secondary N) is 1. The molecule has 0 radical (unpaired) electrons. The van der Waals surface area contributed by atoms with E-state index in [1.165, 1.54) is 16.4 Å². The average Bonchev–Trinajstić information content (AvgIpc) is 2.98. The van der Waals surface area contributed by atoms with Gasteiger partial charge in [0.25, 0.3) is 0 Å². The second-order valence-electron chi connectivity index (χ2n) is 5.53. The Labute approximate surface area is 149 Å². The summed E-state index contributed by atoms with van der Waals surface area (Å²) in [7, 11) is 0. The van der Waals surface area contributed by atoms with E-state index >= 15 is 0 Å². The SMILES string of the molecule is Cc1ccc(NC(=O)[C@H](C)Sc2nnc(-c3cccnc3)n2N)cc1. The van der Waals surface area contributed by atoms with E-state index in [0.29, 0.717) is 11.0 Å². The Hall–Kier alpha value is -2.87. The molecular formula is C17H18N6OS. The number of nitrogens with zero attached hydrogens (tertiary/aromatic N) is 4. The van der Waals surface area contributed by atoms with E-state index in [1.807, 2.05) is 37.3 Å². The van der Waals surface area contributed by atoms with E-state index in [2.05, 4.69) is 20.5 Å². The fourth-order valence-corrected chi connectivity index (χ4v) is 2.91. The highest BCUT2D eigenvalue weighted by molar-refractivity contribution is 8.00. The summed E-state index contributed by atoms with van der Waals surface area (Å²) in [6.07, 6.45) is 3.34. The Morgan fingerprint density at radius 1 is 1.24 bits per heavy atom. The lowest BCUT2D eigenvalue weighted by Crippen LogP contribution is -2.23. The van der Waals surface area contributed by atoms with Crippen molar-refractivity contribution in [2.75, 3.05) is 11.2 Å². The second-order valence-corrected chi connectivity index (χ2v) is 6.84. The maximum atomic E-state index is 12.3. The van der Waals surface area contributed by atoms with E-state index < -0.39 is 0 Å². The summed E-state index contributed by atoms with van der Waals surface area (Å²) in [5, 5.41) is 11.1. The third kappa shape index (κ3) is 3.97. The van der Waals surface area contributed by atoms with Gasteiger partial charge in [-0.2, -0.15) is 0 Å². The predicted octanol–water partition coefficient (Wildman–Crippen LogP) is 2.48. The van der Waals surface area contributed by atoms with Gasteiger partial charge < -0.3 is 11.2 Å². The molecule has 1 amide bonds. The largest absolute Gasteiger partial charge is 0.335 e. The molecular weight excluding hydrogens is 336 g/mol. The highest BCUT2D eigenvalue weighted by atomic mass is 32.2. The number of pyridine rings is 1. The number of anilines is 1. The number of carbonyl (C=O) groups excluding carboxylic acids is 1. The van der Waals surface area contributed by atoms with Gasteiger partial charge in [-0.3, -0.25) is 9.78 Å². The van der Waals surface area contributed by atoms with Crippen LogP contribution in [0.4, 0.5) is 5.69 Å². The Morgan fingerprint density at radius 2 is 2.00 bits per heavy atom. The Morgan fingerprint density at radius 3 is 2.68 bits per heavy atom. The topological polar surface area (TPSA) is 98.7 Å². The standard InChI is InChI=1S/C17H18N6OS/c1-11-5-7-14(8-6-11)20-16(24)12(2)25-17-22-21-15(23(17)18)13-4-3-9-19-10-13/h3-10,12H,18H2,1-2H3,(H,20,24)/t12-/m0/s1. The van der Waals surface area contributed by atoms with Crippen molar-refractivity contribution in [3.8, 4) is 11.4 Å². The van der Waals surface area contributed by atoms with Crippen LogP contribution in [0.5, 0.6) is 0 Å². The summed E-state index contributed by atoms with van der Waals surface area (Å²) in [4.78, 5) is 16.4. The maximum Gasteiger partial charge on any atom is 0.237 e. The number of aryl methyl sites for hydroxylation is 1. The summed E-state index contributed by atoms with van der Waals surface area (Å²) < 4.78 is 1.37. The fraction of sp³-hybridized carbons (Fsp3) is 0.176. The maximum absolute atomic E-state index is 12.3. The number of nitrogen functional groups attached to an aromatic ring is 1. The molecule has 0 aliphatic rings. The van der Waals surface area contributed by atoms with Gasteiger partial charge >= 0.3 is 0 Å². The summed E-state index contributed by atoms with van der Waals surface area (Å²) in [6.45, 7) is 3.80. The van der Waals surface area contributed by atoms with Crippen LogP contribution in [-0.4, -0.2) is 31.0 Å². The van der Waals surface area contributed by atoms with Crippen molar-refractivity contribution in [1.29, 1.82) is 0 Å². The third-order valence-electron chi connectivity index (χ3n) is 3.55. The molecule has 3 aromatic rings. The van der Waals surface area contributed by atoms with Crippen LogP contribution in [0, 0.1) is 6.92 Å².